The molecule has 0 fully saturated rings. The first-order valence-electron chi connectivity index (χ1n) is 5.41. The Morgan fingerprint density at radius 1 is 1.47 bits per heavy atom. The lowest BCUT2D eigenvalue weighted by atomic mass is 10.1. The molecule has 3 nitrogen and oxygen atoms in total. The SMILES string of the molecule is CCCOc1cc(-c2[c]cncc2)c(Cl)cn1. The van der Waals surface area contributed by atoms with Gasteiger partial charge >= 0.3 is 0 Å². The summed E-state index contributed by atoms with van der Waals surface area (Å²) >= 11 is 6.11. The van der Waals surface area contributed by atoms with Crippen LogP contribution in [0.25, 0.3) is 11.1 Å². The molecule has 2 heterocycles. The van der Waals surface area contributed by atoms with Crippen LogP contribution in [0.3, 0.4) is 0 Å². The minimum atomic E-state index is 0.580. The molecule has 4 heteroatoms. The Morgan fingerprint density at radius 3 is 3.06 bits per heavy atom. The zero-order chi connectivity index (χ0) is 12.1. The third-order valence-electron chi connectivity index (χ3n) is 2.20. The molecule has 0 spiro atoms. The van der Waals surface area contributed by atoms with Crippen molar-refractivity contribution in [3.05, 3.63) is 41.8 Å². The van der Waals surface area contributed by atoms with Gasteiger partial charge in [-0.25, -0.2) is 4.98 Å². The van der Waals surface area contributed by atoms with Gasteiger partial charge in [-0.3, -0.25) is 4.98 Å². The fourth-order valence-electron chi connectivity index (χ4n) is 1.39. The van der Waals surface area contributed by atoms with E-state index < -0.39 is 0 Å². The van der Waals surface area contributed by atoms with Crippen LogP contribution in [0.1, 0.15) is 13.3 Å². The fourth-order valence-corrected chi connectivity index (χ4v) is 1.60. The van der Waals surface area contributed by atoms with Gasteiger partial charge in [-0.15, -0.1) is 0 Å². The highest BCUT2D eigenvalue weighted by Crippen LogP contribution is 2.29. The standard InChI is InChI=1S/C13H12ClN2O/c1-2-7-17-13-8-11(12(14)9-16-13)10-3-5-15-6-4-10/h3,5-6,8-9H,2,7H2,1H3. The molecule has 0 amide bonds. The van der Waals surface area contributed by atoms with Crippen molar-refractivity contribution in [3.63, 3.8) is 0 Å². The lowest BCUT2D eigenvalue weighted by molar-refractivity contribution is 0.305. The monoisotopic (exact) mass is 247 g/mol. The van der Waals surface area contributed by atoms with Gasteiger partial charge in [0.05, 0.1) is 17.8 Å². The normalized spacial score (nSPS) is 10.2. The summed E-state index contributed by atoms with van der Waals surface area (Å²) in [4.78, 5) is 8.05. The second kappa shape index (κ2) is 5.64. The van der Waals surface area contributed by atoms with E-state index in [1.54, 1.807) is 18.6 Å². The summed E-state index contributed by atoms with van der Waals surface area (Å²) in [7, 11) is 0. The molecule has 0 aromatic carbocycles. The highest BCUT2D eigenvalue weighted by Gasteiger charge is 2.06. The Labute approximate surface area is 105 Å². The summed E-state index contributed by atoms with van der Waals surface area (Å²) in [6, 6.07) is 6.71. The molecule has 2 aromatic heterocycles. The van der Waals surface area contributed by atoms with E-state index in [9.17, 15) is 0 Å². The Morgan fingerprint density at radius 2 is 2.35 bits per heavy atom. The fraction of sp³-hybridized carbons (Fsp3) is 0.231. The van der Waals surface area contributed by atoms with Crippen molar-refractivity contribution in [1.82, 2.24) is 9.97 Å². The molecule has 2 rings (SSSR count). The minimum Gasteiger partial charge on any atom is -0.478 e. The molecule has 0 aliphatic carbocycles. The van der Waals surface area contributed by atoms with Crippen LogP contribution in [0.5, 0.6) is 5.88 Å². The van der Waals surface area contributed by atoms with Crippen molar-refractivity contribution in [2.45, 2.75) is 13.3 Å². The number of hydrogen-bond donors (Lipinski definition) is 0. The molecule has 0 saturated heterocycles. The third-order valence-corrected chi connectivity index (χ3v) is 2.50. The van der Waals surface area contributed by atoms with Crippen molar-refractivity contribution in [1.29, 1.82) is 0 Å². The summed E-state index contributed by atoms with van der Waals surface area (Å²) < 4.78 is 5.47. The maximum absolute atomic E-state index is 6.11. The second-order valence-corrected chi connectivity index (χ2v) is 3.91. The van der Waals surface area contributed by atoms with Crippen molar-refractivity contribution in [2.24, 2.45) is 0 Å². The van der Waals surface area contributed by atoms with Crippen molar-refractivity contribution in [2.75, 3.05) is 6.61 Å². The Balaban J connectivity index is 2.33. The molecule has 0 N–H and O–H groups in total. The lowest BCUT2D eigenvalue weighted by Crippen LogP contribution is -1.97. The smallest absolute Gasteiger partial charge is 0.213 e. The van der Waals surface area contributed by atoms with Crippen molar-refractivity contribution < 1.29 is 4.74 Å². The van der Waals surface area contributed by atoms with Gasteiger partial charge in [0, 0.05) is 30.1 Å². The highest BCUT2D eigenvalue weighted by molar-refractivity contribution is 6.33. The molecule has 2 aromatic rings. The van der Waals surface area contributed by atoms with Gasteiger partial charge in [0.25, 0.3) is 0 Å². The minimum absolute atomic E-state index is 0.580. The number of hydrogen-bond acceptors (Lipinski definition) is 3. The van der Waals surface area contributed by atoms with Crippen LogP contribution in [-0.4, -0.2) is 16.6 Å². The molecule has 0 bridgehead atoms. The Kier molecular flexibility index (Phi) is 3.94. The molecule has 0 aliphatic heterocycles. The largest absolute Gasteiger partial charge is 0.478 e. The number of aromatic nitrogens is 2. The van der Waals surface area contributed by atoms with Gasteiger partial charge < -0.3 is 4.74 Å². The average Bonchev–Trinajstić information content (AvgIpc) is 2.39. The molecular formula is C13H12ClN2O. The summed E-state index contributed by atoms with van der Waals surface area (Å²) in [5.41, 5.74) is 1.74. The van der Waals surface area contributed by atoms with E-state index in [1.807, 2.05) is 19.1 Å². The maximum atomic E-state index is 6.11. The van der Waals surface area contributed by atoms with Crippen molar-refractivity contribution in [3.8, 4) is 17.0 Å². The van der Waals surface area contributed by atoms with Crippen LogP contribution in [-0.2, 0) is 0 Å². The van der Waals surface area contributed by atoms with Gasteiger partial charge in [-0.2, -0.15) is 0 Å². The van der Waals surface area contributed by atoms with Gasteiger partial charge in [0.1, 0.15) is 0 Å². The van der Waals surface area contributed by atoms with Crippen LogP contribution in [0, 0.1) is 6.07 Å². The van der Waals surface area contributed by atoms with Crippen LogP contribution in [0.15, 0.2) is 30.7 Å². The van der Waals surface area contributed by atoms with Crippen LogP contribution < -0.4 is 4.74 Å². The first-order chi connectivity index (χ1) is 8.31. The maximum Gasteiger partial charge on any atom is 0.213 e. The van der Waals surface area contributed by atoms with E-state index >= 15 is 0 Å². The molecule has 17 heavy (non-hydrogen) atoms. The Bertz CT molecular complexity index is 488. The number of nitrogens with zero attached hydrogens (tertiary/aromatic N) is 2. The summed E-state index contributed by atoms with van der Waals surface area (Å²) in [6.45, 7) is 2.70. The predicted molar refractivity (Wildman–Crippen MR) is 67.1 cm³/mol. The molecule has 0 aliphatic rings. The van der Waals surface area contributed by atoms with E-state index in [-0.39, 0.29) is 0 Å². The van der Waals surface area contributed by atoms with E-state index in [0.717, 1.165) is 17.5 Å². The van der Waals surface area contributed by atoms with Crippen LogP contribution in [0.4, 0.5) is 0 Å². The zero-order valence-electron chi connectivity index (χ0n) is 9.48. The topological polar surface area (TPSA) is 35.0 Å². The van der Waals surface area contributed by atoms with E-state index in [0.29, 0.717) is 17.5 Å². The lowest BCUT2D eigenvalue weighted by Gasteiger charge is -2.07. The van der Waals surface area contributed by atoms with E-state index in [1.165, 1.54) is 0 Å². The average molecular weight is 248 g/mol. The second-order valence-electron chi connectivity index (χ2n) is 3.50. The molecule has 0 atom stereocenters. The quantitative estimate of drug-likeness (QED) is 0.831. The van der Waals surface area contributed by atoms with E-state index in [2.05, 4.69) is 16.0 Å². The first-order valence-corrected chi connectivity index (χ1v) is 5.79. The van der Waals surface area contributed by atoms with Crippen LogP contribution >= 0.6 is 11.6 Å². The summed E-state index contributed by atoms with van der Waals surface area (Å²) in [5, 5.41) is 0.580. The van der Waals surface area contributed by atoms with Gasteiger partial charge in [-0.05, 0) is 18.1 Å². The zero-order valence-corrected chi connectivity index (χ0v) is 10.2. The van der Waals surface area contributed by atoms with Gasteiger partial charge in [0.15, 0.2) is 0 Å². The molecule has 1 radical (unpaired) electrons. The number of halogens is 1. The third kappa shape index (κ3) is 2.94. The Hall–Kier alpha value is -1.61. The predicted octanol–water partition coefficient (Wildman–Crippen LogP) is 3.39. The molecular weight excluding hydrogens is 236 g/mol. The number of ether oxygens (including phenoxy) is 1. The van der Waals surface area contributed by atoms with Crippen LogP contribution in [0.2, 0.25) is 5.02 Å². The molecule has 0 saturated carbocycles. The summed E-state index contributed by atoms with van der Waals surface area (Å²) in [5.74, 6) is 0.580. The van der Waals surface area contributed by atoms with Gasteiger partial charge in [-0.1, -0.05) is 18.5 Å². The van der Waals surface area contributed by atoms with Crippen molar-refractivity contribution >= 4 is 11.6 Å². The highest BCUT2D eigenvalue weighted by atomic mass is 35.5. The van der Waals surface area contributed by atoms with E-state index in [4.69, 9.17) is 16.3 Å². The summed E-state index contributed by atoms with van der Waals surface area (Å²) in [6.07, 6.45) is 5.85. The number of rotatable bonds is 4. The van der Waals surface area contributed by atoms with Gasteiger partial charge in [0.2, 0.25) is 5.88 Å². The number of pyridine rings is 2. The molecule has 87 valence electrons. The first kappa shape index (κ1) is 11.9. The molecule has 0 unspecified atom stereocenters.